The molecule has 1 aromatic carbocycles. The second kappa shape index (κ2) is 4.42. The lowest BCUT2D eigenvalue weighted by Crippen LogP contribution is -2.41. The Morgan fingerprint density at radius 1 is 1.35 bits per heavy atom. The van der Waals surface area contributed by atoms with E-state index in [0.717, 1.165) is 23.7 Å². The molecule has 2 bridgehead atoms. The molecule has 3 atom stereocenters. The molecule has 2 aliphatic rings. The molecule has 1 aromatic rings. The summed E-state index contributed by atoms with van der Waals surface area (Å²) in [6, 6.07) is 7.67. The second-order valence-corrected chi connectivity index (χ2v) is 5.52. The summed E-state index contributed by atoms with van der Waals surface area (Å²) in [5.74, 6) is -0.0152. The Kier molecular flexibility index (Phi) is 2.92. The van der Waals surface area contributed by atoms with Crippen molar-refractivity contribution in [2.24, 2.45) is 0 Å². The fourth-order valence-electron chi connectivity index (χ4n) is 2.68. The van der Waals surface area contributed by atoms with Gasteiger partial charge in [-0.1, -0.05) is 12.1 Å². The molecule has 0 saturated carbocycles. The maximum absolute atomic E-state index is 12.1. The van der Waals surface area contributed by atoms with Crippen LogP contribution in [0.4, 0.5) is 0 Å². The van der Waals surface area contributed by atoms with Crippen LogP contribution in [0.3, 0.4) is 0 Å². The molecule has 17 heavy (non-hydrogen) atoms. The third-order valence-electron chi connectivity index (χ3n) is 3.54. The predicted octanol–water partition coefficient (Wildman–Crippen LogP) is 2.50. The zero-order valence-corrected chi connectivity index (χ0v) is 10.9. The van der Waals surface area contributed by atoms with E-state index in [-0.39, 0.29) is 18.1 Å². The second-order valence-electron chi connectivity index (χ2n) is 4.67. The average molecular weight is 296 g/mol. The van der Waals surface area contributed by atoms with Crippen molar-refractivity contribution in [2.45, 2.75) is 37.5 Å². The first-order valence-corrected chi connectivity index (χ1v) is 6.74. The highest BCUT2D eigenvalue weighted by molar-refractivity contribution is 9.10. The Morgan fingerprint density at radius 3 is 2.82 bits per heavy atom. The lowest BCUT2D eigenvalue weighted by atomic mass is 9.95. The summed E-state index contributed by atoms with van der Waals surface area (Å²) in [6.07, 6.45) is 3.77. The average Bonchev–Trinajstić information content (AvgIpc) is 2.91. The van der Waals surface area contributed by atoms with Crippen molar-refractivity contribution in [1.29, 1.82) is 0 Å². The lowest BCUT2D eigenvalue weighted by molar-refractivity contribution is 0.0840. The van der Waals surface area contributed by atoms with E-state index < -0.39 is 0 Å². The number of carbonyl (C=O) groups is 1. The van der Waals surface area contributed by atoms with E-state index in [1.54, 1.807) is 0 Å². The lowest BCUT2D eigenvalue weighted by Gasteiger charge is -2.20. The minimum Gasteiger partial charge on any atom is -0.373 e. The van der Waals surface area contributed by atoms with Gasteiger partial charge in [0.05, 0.1) is 23.8 Å². The fraction of sp³-hybridized carbons (Fsp3) is 0.462. The van der Waals surface area contributed by atoms with Gasteiger partial charge >= 0.3 is 0 Å². The van der Waals surface area contributed by atoms with E-state index in [9.17, 15) is 4.79 Å². The van der Waals surface area contributed by atoms with E-state index >= 15 is 0 Å². The molecular formula is C13H14BrNO2. The number of ether oxygens (including phenoxy) is 1. The Hall–Kier alpha value is -0.870. The molecule has 3 unspecified atom stereocenters. The van der Waals surface area contributed by atoms with Gasteiger partial charge in [0, 0.05) is 4.47 Å². The van der Waals surface area contributed by atoms with E-state index in [2.05, 4.69) is 21.2 Å². The molecule has 2 heterocycles. The van der Waals surface area contributed by atoms with Gasteiger partial charge in [0.15, 0.2) is 0 Å². The summed E-state index contributed by atoms with van der Waals surface area (Å²) in [7, 11) is 0. The third kappa shape index (κ3) is 2.11. The standard InChI is InChI=1S/C13H14BrNO2/c14-10-4-2-1-3-9(10)13(16)15-11-7-8-5-6-12(11)17-8/h1-4,8,11-12H,5-7H2,(H,15,16). The Labute approximate surface area is 109 Å². The number of amides is 1. The Balaban J connectivity index is 1.70. The van der Waals surface area contributed by atoms with Gasteiger partial charge in [-0.25, -0.2) is 0 Å². The van der Waals surface area contributed by atoms with Crippen LogP contribution >= 0.6 is 15.9 Å². The van der Waals surface area contributed by atoms with Gasteiger partial charge < -0.3 is 10.1 Å². The van der Waals surface area contributed by atoms with Crippen molar-refractivity contribution < 1.29 is 9.53 Å². The largest absolute Gasteiger partial charge is 0.373 e. The van der Waals surface area contributed by atoms with Crippen molar-refractivity contribution in [3.05, 3.63) is 34.3 Å². The van der Waals surface area contributed by atoms with Crippen LogP contribution in [0, 0.1) is 0 Å². The summed E-state index contributed by atoms with van der Waals surface area (Å²) in [5.41, 5.74) is 0.690. The molecule has 3 nitrogen and oxygen atoms in total. The molecule has 4 heteroatoms. The van der Waals surface area contributed by atoms with Crippen LogP contribution in [0.2, 0.25) is 0 Å². The van der Waals surface area contributed by atoms with Crippen LogP contribution in [0.15, 0.2) is 28.7 Å². The number of hydrogen-bond acceptors (Lipinski definition) is 2. The summed E-state index contributed by atoms with van der Waals surface area (Å²) in [6.45, 7) is 0. The van der Waals surface area contributed by atoms with Crippen molar-refractivity contribution in [3.8, 4) is 0 Å². The monoisotopic (exact) mass is 295 g/mol. The molecule has 0 spiro atoms. The van der Waals surface area contributed by atoms with Gasteiger partial charge in [0.25, 0.3) is 5.91 Å². The highest BCUT2D eigenvalue weighted by Crippen LogP contribution is 2.34. The molecule has 90 valence electrons. The molecule has 2 fully saturated rings. The summed E-state index contributed by atoms with van der Waals surface area (Å²) >= 11 is 3.40. The topological polar surface area (TPSA) is 38.3 Å². The van der Waals surface area contributed by atoms with E-state index in [1.807, 2.05) is 24.3 Å². The number of carbonyl (C=O) groups excluding carboxylic acids is 1. The zero-order chi connectivity index (χ0) is 11.8. The van der Waals surface area contributed by atoms with E-state index in [1.165, 1.54) is 0 Å². The first-order valence-electron chi connectivity index (χ1n) is 5.95. The number of fused-ring (bicyclic) bond motifs is 2. The molecule has 2 aliphatic heterocycles. The minimum atomic E-state index is -0.0152. The van der Waals surface area contributed by atoms with Crippen LogP contribution < -0.4 is 5.32 Å². The number of nitrogens with one attached hydrogen (secondary N) is 1. The van der Waals surface area contributed by atoms with Gasteiger partial charge in [-0.3, -0.25) is 4.79 Å². The summed E-state index contributed by atoms with van der Waals surface area (Å²) in [4.78, 5) is 12.1. The van der Waals surface area contributed by atoms with Crippen LogP contribution in [-0.2, 0) is 4.74 Å². The summed E-state index contributed by atoms with van der Waals surface area (Å²) < 4.78 is 6.56. The Bertz CT molecular complexity index is 449. The van der Waals surface area contributed by atoms with Gasteiger partial charge in [0.2, 0.25) is 0 Å². The van der Waals surface area contributed by atoms with E-state index in [0.29, 0.717) is 11.7 Å². The number of hydrogen-bond donors (Lipinski definition) is 1. The molecular weight excluding hydrogens is 282 g/mol. The van der Waals surface area contributed by atoms with Crippen LogP contribution in [0.5, 0.6) is 0 Å². The molecule has 3 rings (SSSR count). The first-order chi connectivity index (χ1) is 8.24. The third-order valence-corrected chi connectivity index (χ3v) is 4.23. The SMILES string of the molecule is O=C(NC1CC2CCC1O2)c1ccccc1Br. The first kappa shape index (κ1) is 11.2. The smallest absolute Gasteiger partial charge is 0.252 e. The maximum Gasteiger partial charge on any atom is 0.252 e. The van der Waals surface area contributed by atoms with Gasteiger partial charge in [-0.15, -0.1) is 0 Å². The predicted molar refractivity (Wildman–Crippen MR) is 67.9 cm³/mol. The quantitative estimate of drug-likeness (QED) is 0.910. The molecule has 2 saturated heterocycles. The molecule has 0 aromatic heterocycles. The highest BCUT2D eigenvalue weighted by atomic mass is 79.9. The molecule has 0 radical (unpaired) electrons. The van der Waals surface area contributed by atoms with Crippen molar-refractivity contribution >= 4 is 21.8 Å². The van der Waals surface area contributed by atoms with Crippen LogP contribution in [0.1, 0.15) is 29.6 Å². The maximum atomic E-state index is 12.1. The minimum absolute atomic E-state index is 0.0152. The highest BCUT2D eigenvalue weighted by Gasteiger charge is 2.41. The van der Waals surface area contributed by atoms with E-state index in [4.69, 9.17) is 4.74 Å². The van der Waals surface area contributed by atoms with Gasteiger partial charge in [0.1, 0.15) is 0 Å². The molecule has 1 amide bonds. The fourth-order valence-corrected chi connectivity index (χ4v) is 3.15. The van der Waals surface area contributed by atoms with Crippen LogP contribution in [0.25, 0.3) is 0 Å². The number of rotatable bonds is 2. The Morgan fingerprint density at radius 2 is 2.18 bits per heavy atom. The number of halogens is 1. The van der Waals surface area contributed by atoms with Crippen molar-refractivity contribution in [1.82, 2.24) is 5.32 Å². The van der Waals surface area contributed by atoms with Crippen molar-refractivity contribution in [3.63, 3.8) is 0 Å². The molecule has 1 N–H and O–H groups in total. The van der Waals surface area contributed by atoms with Gasteiger partial charge in [-0.2, -0.15) is 0 Å². The van der Waals surface area contributed by atoms with Crippen molar-refractivity contribution in [2.75, 3.05) is 0 Å². The normalized spacial score (nSPS) is 30.5. The number of benzene rings is 1. The molecule has 0 aliphatic carbocycles. The zero-order valence-electron chi connectivity index (χ0n) is 9.36. The van der Waals surface area contributed by atoms with Gasteiger partial charge in [-0.05, 0) is 47.3 Å². The van der Waals surface area contributed by atoms with Crippen LogP contribution in [-0.4, -0.2) is 24.2 Å². The summed E-state index contributed by atoms with van der Waals surface area (Å²) in [5, 5.41) is 3.07.